The summed E-state index contributed by atoms with van der Waals surface area (Å²) in [5.74, 6) is -2.11. The zero-order chi connectivity index (χ0) is 22.5. The van der Waals surface area contributed by atoms with E-state index in [9.17, 15) is 22.8 Å². The molecule has 3 amide bonds. The number of anilines is 1. The Morgan fingerprint density at radius 1 is 0.967 bits per heavy atom. The Kier molecular flexibility index (Phi) is 7.17. The van der Waals surface area contributed by atoms with E-state index in [1.54, 1.807) is 38.1 Å². The van der Waals surface area contributed by atoms with Crippen molar-refractivity contribution in [3.05, 3.63) is 59.7 Å². The Labute approximate surface area is 174 Å². The van der Waals surface area contributed by atoms with Crippen LogP contribution in [0.15, 0.2) is 53.4 Å². The number of imide groups is 1. The molecule has 0 saturated carbocycles. The molecule has 0 saturated heterocycles. The molecular weight excluding hydrogens is 410 g/mol. The topological polar surface area (TPSA) is 145 Å². The largest absolute Gasteiger partial charge is 0.448 e. The molecule has 2 rings (SSSR count). The smallest absolute Gasteiger partial charge is 0.338 e. The van der Waals surface area contributed by atoms with Crippen molar-refractivity contribution in [1.29, 1.82) is 0 Å². The van der Waals surface area contributed by atoms with Gasteiger partial charge in [0.05, 0.1) is 10.5 Å². The van der Waals surface area contributed by atoms with E-state index in [0.29, 0.717) is 5.69 Å². The summed E-state index contributed by atoms with van der Waals surface area (Å²) in [5, 5.41) is 1.87. The molecule has 30 heavy (non-hydrogen) atoms. The van der Waals surface area contributed by atoms with Gasteiger partial charge in [-0.05, 0) is 49.2 Å². The van der Waals surface area contributed by atoms with E-state index in [0.717, 1.165) is 5.56 Å². The maximum absolute atomic E-state index is 12.5. The lowest BCUT2D eigenvalue weighted by Crippen LogP contribution is -2.45. The van der Waals surface area contributed by atoms with Crippen LogP contribution in [0.5, 0.6) is 0 Å². The number of benzene rings is 2. The number of urea groups is 1. The van der Waals surface area contributed by atoms with Crippen molar-refractivity contribution < 1.29 is 27.5 Å². The Morgan fingerprint density at radius 3 is 2.03 bits per heavy atom. The third-order valence-corrected chi connectivity index (χ3v) is 5.45. The molecular formula is C20H23N3O6S. The average Bonchev–Trinajstić information content (AvgIpc) is 2.66. The van der Waals surface area contributed by atoms with Gasteiger partial charge in [0, 0.05) is 5.69 Å². The summed E-state index contributed by atoms with van der Waals surface area (Å²) in [6, 6.07) is 10.8. The van der Waals surface area contributed by atoms with Crippen LogP contribution in [0, 0.1) is 12.8 Å². The normalized spacial score (nSPS) is 12.1. The van der Waals surface area contributed by atoms with Crippen LogP contribution in [0.2, 0.25) is 0 Å². The third kappa shape index (κ3) is 6.05. The molecule has 0 aromatic heterocycles. The van der Waals surface area contributed by atoms with Crippen LogP contribution >= 0.6 is 0 Å². The highest BCUT2D eigenvalue weighted by Crippen LogP contribution is 2.18. The number of nitrogens with two attached hydrogens (primary N) is 1. The van der Waals surface area contributed by atoms with Gasteiger partial charge in [-0.15, -0.1) is 0 Å². The standard InChI is InChI=1S/C20H23N3O6S/c1-12(2)17(18(24)22-20(21)26)29-19(25)14-6-10-16(11-7-14)30(27,28)23-15-8-4-13(3)5-9-15/h4-12,17,23H,1-3H3,(H3,21,22,24,26). The van der Waals surface area contributed by atoms with E-state index < -0.39 is 40.0 Å². The molecule has 160 valence electrons. The molecule has 0 aliphatic heterocycles. The number of hydrogen-bond acceptors (Lipinski definition) is 6. The van der Waals surface area contributed by atoms with Gasteiger partial charge in [0.25, 0.3) is 15.9 Å². The monoisotopic (exact) mass is 433 g/mol. The predicted octanol–water partition coefficient (Wildman–Crippen LogP) is 2.17. The lowest BCUT2D eigenvalue weighted by Gasteiger charge is -2.19. The average molecular weight is 433 g/mol. The second-order valence-electron chi connectivity index (χ2n) is 6.92. The molecule has 0 aliphatic carbocycles. The summed E-state index contributed by atoms with van der Waals surface area (Å²) in [4.78, 5) is 35.1. The van der Waals surface area contributed by atoms with E-state index in [1.807, 2.05) is 12.2 Å². The number of carbonyl (C=O) groups is 3. The molecule has 0 radical (unpaired) electrons. The van der Waals surface area contributed by atoms with Crippen molar-refractivity contribution in [3.8, 4) is 0 Å². The predicted molar refractivity (Wildman–Crippen MR) is 110 cm³/mol. The minimum absolute atomic E-state index is 0.0433. The second-order valence-corrected chi connectivity index (χ2v) is 8.60. The van der Waals surface area contributed by atoms with Crippen LogP contribution in [0.25, 0.3) is 0 Å². The summed E-state index contributed by atoms with van der Waals surface area (Å²) < 4.78 is 32.6. The van der Waals surface area contributed by atoms with Gasteiger partial charge < -0.3 is 10.5 Å². The number of esters is 1. The maximum Gasteiger partial charge on any atom is 0.338 e. The number of sulfonamides is 1. The number of hydrogen-bond donors (Lipinski definition) is 3. The lowest BCUT2D eigenvalue weighted by atomic mass is 10.1. The Bertz CT molecular complexity index is 1030. The first-order valence-electron chi connectivity index (χ1n) is 9.00. The van der Waals surface area contributed by atoms with Gasteiger partial charge in [-0.25, -0.2) is 18.0 Å². The Morgan fingerprint density at radius 2 is 1.53 bits per heavy atom. The minimum atomic E-state index is -3.85. The van der Waals surface area contributed by atoms with Gasteiger partial charge in [-0.1, -0.05) is 31.5 Å². The zero-order valence-electron chi connectivity index (χ0n) is 16.7. The molecule has 4 N–H and O–H groups in total. The molecule has 1 unspecified atom stereocenters. The van der Waals surface area contributed by atoms with Gasteiger partial charge >= 0.3 is 12.0 Å². The second kappa shape index (κ2) is 9.40. The fraction of sp³-hybridized carbons (Fsp3) is 0.250. The summed E-state index contributed by atoms with van der Waals surface area (Å²) in [5.41, 5.74) is 6.36. The first-order chi connectivity index (χ1) is 14.0. The summed E-state index contributed by atoms with van der Waals surface area (Å²) in [7, 11) is -3.85. The van der Waals surface area contributed by atoms with Crippen molar-refractivity contribution in [1.82, 2.24) is 5.32 Å². The van der Waals surface area contributed by atoms with Gasteiger partial charge in [-0.2, -0.15) is 0 Å². The highest BCUT2D eigenvalue weighted by atomic mass is 32.2. The number of nitrogens with one attached hydrogen (secondary N) is 2. The van der Waals surface area contributed by atoms with Crippen molar-refractivity contribution in [2.75, 3.05) is 4.72 Å². The van der Waals surface area contributed by atoms with E-state index in [4.69, 9.17) is 10.5 Å². The van der Waals surface area contributed by atoms with Crippen molar-refractivity contribution in [2.45, 2.75) is 31.8 Å². The van der Waals surface area contributed by atoms with Crippen LogP contribution < -0.4 is 15.8 Å². The summed E-state index contributed by atoms with van der Waals surface area (Å²) in [6.45, 7) is 5.15. The molecule has 0 spiro atoms. The van der Waals surface area contributed by atoms with Crippen LogP contribution in [-0.4, -0.2) is 32.4 Å². The van der Waals surface area contributed by atoms with E-state index in [2.05, 4.69) is 4.72 Å². The molecule has 9 nitrogen and oxygen atoms in total. The van der Waals surface area contributed by atoms with Gasteiger partial charge in [0.1, 0.15) is 0 Å². The summed E-state index contributed by atoms with van der Waals surface area (Å²) >= 11 is 0. The highest BCUT2D eigenvalue weighted by Gasteiger charge is 2.28. The zero-order valence-corrected chi connectivity index (χ0v) is 17.5. The number of carbonyl (C=O) groups excluding carboxylic acids is 3. The van der Waals surface area contributed by atoms with Crippen LogP contribution in [0.1, 0.15) is 29.8 Å². The number of amides is 3. The van der Waals surface area contributed by atoms with Gasteiger partial charge in [-0.3, -0.25) is 14.8 Å². The van der Waals surface area contributed by atoms with Crippen LogP contribution in [0.3, 0.4) is 0 Å². The lowest BCUT2D eigenvalue weighted by molar-refractivity contribution is -0.130. The number of primary amides is 1. The number of aryl methyl sites for hydroxylation is 1. The fourth-order valence-corrected chi connectivity index (χ4v) is 3.53. The minimum Gasteiger partial charge on any atom is -0.448 e. The summed E-state index contributed by atoms with van der Waals surface area (Å²) in [6.07, 6.45) is -1.24. The number of ether oxygens (including phenoxy) is 1. The van der Waals surface area contributed by atoms with Gasteiger partial charge in [0.15, 0.2) is 6.10 Å². The number of rotatable bonds is 7. The van der Waals surface area contributed by atoms with Crippen molar-refractivity contribution >= 4 is 33.6 Å². The molecule has 0 fully saturated rings. The van der Waals surface area contributed by atoms with Gasteiger partial charge in [0.2, 0.25) is 0 Å². The van der Waals surface area contributed by atoms with E-state index in [-0.39, 0.29) is 10.5 Å². The quantitative estimate of drug-likeness (QED) is 0.571. The van der Waals surface area contributed by atoms with Crippen molar-refractivity contribution in [3.63, 3.8) is 0 Å². The molecule has 0 aliphatic rings. The highest BCUT2D eigenvalue weighted by molar-refractivity contribution is 7.92. The Balaban J connectivity index is 2.13. The third-order valence-electron chi connectivity index (χ3n) is 4.05. The molecule has 2 aromatic carbocycles. The SMILES string of the molecule is Cc1ccc(NS(=O)(=O)c2ccc(C(=O)OC(C(=O)NC(N)=O)C(C)C)cc2)cc1. The molecule has 0 bridgehead atoms. The van der Waals surface area contributed by atoms with E-state index >= 15 is 0 Å². The first-order valence-corrected chi connectivity index (χ1v) is 10.5. The molecule has 0 heterocycles. The molecule has 2 aromatic rings. The molecule has 10 heteroatoms. The maximum atomic E-state index is 12.5. The molecule has 1 atom stereocenters. The fourth-order valence-electron chi connectivity index (χ4n) is 2.47. The van der Waals surface area contributed by atoms with Crippen LogP contribution in [0.4, 0.5) is 10.5 Å². The van der Waals surface area contributed by atoms with E-state index in [1.165, 1.54) is 24.3 Å². The van der Waals surface area contributed by atoms with Crippen LogP contribution in [-0.2, 0) is 19.6 Å². The first kappa shape index (κ1) is 22.9. The van der Waals surface area contributed by atoms with Crippen molar-refractivity contribution in [2.24, 2.45) is 11.7 Å². The Hall–Kier alpha value is -3.40.